The van der Waals surface area contributed by atoms with Crippen LogP contribution in [-0.2, 0) is 13.0 Å². The molecule has 1 amide bonds. The molecule has 0 bridgehead atoms. The number of aliphatic hydroxyl groups excluding tert-OH is 1. The van der Waals surface area contributed by atoms with Crippen LogP contribution in [0.4, 0.5) is 0 Å². The van der Waals surface area contributed by atoms with Gasteiger partial charge in [0.1, 0.15) is 0 Å². The van der Waals surface area contributed by atoms with Gasteiger partial charge in [-0.25, -0.2) is 0 Å². The first-order chi connectivity index (χ1) is 14.1. The number of nitrogens with zero attached hydrogens (tertiary/aromatic N) is 3. The van der Waals surface area contributed by atoms with Gasteiger partial charge >= 0.3 is 0 Å². The number of fused-ring (bicyclic) bond motifs is 2. The number of amides is 1. The predicted octanol–water partition coefficient (Wildman–Crippen LogP) is 3.77. The van der Waals surface area contributed by atoms with Crippen LogP contribution in [0.2, 0.25) is 5.02 Å². The van der Waals surface area contributed by atoms with Crippen molar-refractivity contribution >= 4 is 28.4 Å². The van der Waals surface area contributed by atoms with E-state index in [0.717, 1.165) is 29.5 Å². The number of nitriles is 1. The van der Waals surface area contributed by atoms with Crippen molar-refractivity contribution < 1.29 is 9.90 Å². The highest BCUT2D eigenvalue weighted by Crippen LogP contribution is 2.32. The molecule has 1 heterocycles. The van der Waals surface area contributed by atoms with Crippen LogP contribution >= 0.6 is 11.6 Å². The topological polar surface area (TPSA) is 90.9 Å². The van der Waals surface area contributed by atoms with Crippen LogP contribution in [0.1, 0.15) is 46.9 Å². The molecule has 2 N–H and O–H groups in total. The number of aliphatic hydroxyl groups is 1. The van der Waals surface area contributed by atoms with Gasteiger partial charge in [-0.1, -0.05) is 35.9 Å². The lowest BCUT2D eigenvalue weighted by molar-refractivity contribution is 0.0854. The van der Waals surface area contributed by atoms with Gasteiger partial charge in [-0.3, -0.25) is 9.48 Å². The maximum Gasteiger partial charge on any atom is 0.273 e. The van der Waals surface area contributed by atoms with E-state index in [2.05, 4.69) is 16.5 Å². The zero-order chi connectivity index (χ0) is 20.4. The predicted molar refractivity (Wildman–Crippen MR) is 111 cm³/mol. The van der Waals surface area contributed by atoms with E-state index in [1.165, 1.54) is 0 Å². The Hall–Kier alpha value is -2.88. The van der Waals surface area contributed by atoms with Crippen LogP contribution in [0, 0.1) is 11.3 Å². The van der Waals surface area contributed by atoms with Crippen LogP contribution < -0.4 is 5.32 Å². The third kappa shape index (κ3) is 3.84. The molecule has 6 nitrogen and oxygen atoms in total. The number of hydrogen-bond acceptors (Lipinski definition) is 4. The Labute approximate surface area is 173 Å². The average molecular weight is 409 g/mol. The lowest BCUT2D eigenvalue weighted by atomic mass is 10.1. The number of carbonyl (C=O) groups is 1. The number of nitrogens with one attached hydrogen (secondary N) is 1. The molecule has 1 aliphatic carbocycles. The third-order valence-electron chi connectivity index (χ3n) is 5.33. The normalized spacial score (nSPS) is 17.8. The fourth-order valence-electron chi connectivity index (χ4n) is 3.91. The van der Waals surface area contributed by atoms with E-state index in [4.69, 9.17) is 16.9 Å². The number of aryl methyl sites for hydroxylation is 1. The van der Waals surface area contributed by atoms with Crippen LogP contribution in [0.3, 0.4) is 0 Å². The van der Waals surface area contributed by atoms with Crippen molar-refractivity contribution in [3.05, 3.63) is 64.3 Å². The SMILES string of the molecule is N#CCCCCn1nc(C(=O)NC2c3ccccc3CC2O)c2cc(Cl)ccc21. The summed E-state index contributed by atoms with van der Waals surface area (Å²) < 4.78 is 1.79. The Bertz CT molecular complexity index is 1100. The first kappa shape index (κ1) is 19.4. The van der Waals surface area contributed by atoms with Gasteiger partial charge < -0.3 is 10.4 Å². The van der Waals surface area contributed by atoms with Crippen molar-refractivity contribution in [2.45, 2.75) is 44.4 Å². The minimum atomic E-state index is -0.667. The first-order valence-electron chi connectivity index (χ1n) is 9.68. The van der Waals surface area contributed by atoms with Gasteiger partial charge in [0, 0.05) is 29.8 Å². The highest BCUT2D eigenvalue weighted by Gasteiger charge is 2.33. The monoisotopic (exact) mass is 408 g/mol. The van der Waals surface area contributed by atoms with Crippen molar-refractivity contribution in [1.82, 2.24) is 15.1 Å². The van der Waals surface area contributed by atoms with E-state index in [-0.39, 0.29) is 5.91 Å². The summed E-state index contributed by atoms with van der Waals surface area (Å²) in [7, 11) is 0. The molecule has 2 atom stereocenters. The van der Waals surface area contributed by atoms with Crippen molar-refractivity contribution in [2.24, 2.45) is 0 Å². The minimum absolute atomic E-state index is 0.291. The number of hydrogen-bond donors (Lipinski definition) is 2. The molecule has 1 aromatic heterocycles. The van der Waals surface area contributed by atoms with E-state index in [1.54, 1.807) is 16.8 Å². The molecule has 0 spiro atoms. The third-order valence-corrected chi connectivity index (χ3v) is 5.56. The highest BCUT2D eigenvalue weighted by molar-refractivity contribution is 6.31. The summed E-state index contributed by atoms with van der Waals surface area (Å²) in [5.74, 6) is -0.339. The quantitative estimate of drug-likeness (QED) is 0.607. The molecule has 0 fully saturated rings. The molecular formula is C22H21ClN4O2. The molecular weight excluding hydrogens is 388 g/mol. The molecule has 2 unspecified atom stereocenters. The molecule has 3 aromatic rings. The summed E-state index contributed by atoms with van der Waals surface area (Å²) in [6.07, 6.45) is 1.92. The lowest BCUT2D eigenvalue weighted by Gasteiger charge is -2.17. The van der Waals surface area contributed by atoms with Gasteiger partial charge in [-0.15, -0.1) is 0 Å². The largest absolute Gasteiger partial charge is 0.390 e. The Morgan fingerprint density at radius 1 is 1.31 bits per heavy atom. The molecule has 4 rings (SSSR count). The van der Waals surface area contributed by atoms with Crippen LogP contribution in [-0.4, -0.2) is 26.9 Å². The lowest BCUT2D eigenvalue weighted by Crippen LogP contribution is -2.34. The fourth-order valence-corrected chi connectivity index (χ4v) is 4.08. The number of unbranched alkanes of at least 4 members (excludes halogenated alkanes) is 2. The molecule has 2 aromatic carbocycles. The minimum Gasteiger partial charge on any atom is -0.390 e. The van der Waals surface area contributed by atoms with Gasteiger partial charge in [0.05, 0.1) is 23.7 Å². The maximum atomic E-state index is 13.1. The van der Waals surface area contributed by atoms with Crippen LogP contribution in [0.25, 0.3) is 10.9 Å². The number of carbonyl (C=O) groups excluding carboxylic acids is 1. The van der Waals surface area contributed by atoms with Crippen molar-refractivity contribution in [3.8, 4) is 6.07 Å². The fraction of sp³-hybridized carbons (Fsp3) is 0.318. The highest BCUT2D eigenvalue weighted by atomic mass is 35.5. The maximum absolute atomic E-state index is 13.1. The number of aromatic nitrogens is 2. The number of rotatable bonds is 6. The molecule has 1 aliphatic rings. The smallest absolute Gasteiger partial charge is 0.273 e. The Balaban J connectivity index is 1.62. The van der Waals surface area contributed by atoms with E-state index in [0.29, 0.717) is 35.5 Å². The summed E-state index contributed by atoms with van der Waals surface area (Å²) in [6, 6.07) is 14.8. The van der Waals surface area contributed by atoms with Gasteiger partial charge in [0.25, 0.3) is 5.91 Å². The van der Waals surface area contributed by atoms with Gasteiger partial charge in [0.15, 0.2) is 5.69 Å². The number of halogens is 1. The van der Waals surface area contributed by atoms with Crippen molar-refractivity contribution in [2.75, 3.05) is 0 Å². The van der Waals surface area contributed by atoms with Gasteiger partial charge in [-0.05, 0) is 42.2 Å². The summed E-state index contributed by atoms with van der Waals surface area (Å²) in [5, 5.41) is 27.8. The Morgan fingerprint density at radius 3 is 2.97 bits per heavy atom. The second kappa shape index (κ2) is 8.24. The van der Waals surface area contributed by atoms with E-state index in [1.807, 2.05) is 30.3 Å². The zero-order valence-electron chi connectivity index (χ0n) is 15.8. The van der Waals surface area contributed by atoms with Gasteiger partial charge in [0.2, 0.25) is 0 Å². The van der Waals surface area contributed by atoms with E-state index >= 15 is 0 Å². The summed E-state index contributed by atoms with van der Waals surface area (Å²) in [5.41, 5.74) is 3.09. The standard InChI is InChI=1S/C22H21ClN4O2/c23-15-8-9-18-17(13-15)21(26-27(18)11-5-1-4-10-24)22(29)25-20-16-7-3-2-6-14(16)12-19(20)28/h2-3,6-9,13,19-20,28H,1,4-5,11-12H2,(H,25,29). The van der Waals surface area contributed by atoms with Crippen molar-refractivity contribution in [3.63, 3.8) is 0 Å². The van der Waals surface area contributed by atoms with Crippen LogP contribution in [0.15, 0.2) is 42.5 Å². The Kier molecular flexibility index (Phi) is 5.52. The molecule has 0 radical (unpaired) electrons. The average Bonchev–Trinajstić information content (AvgIpc) is 3.22. The molecule has 0 saturated heterocycles. The molecule has 0 saturated carbocycles. The Morgan fingerprint density at radius 2 is 2.14 bits per heavy atom. The molecule has 0 aliphatic heterocycles. The summed E-state index contributed by atoms with van der Waals surface area (Å²) >= 11 is 6.17. The molecule has 29 heavy (non-hydrogen) atoms. The summed E-state index contributed by atoms with van der Waals surface area (Å²) in [4.78, 5) is 13.1. The second-order valence-corrected chi connectivity index (χ2v) is 7.71. The number of benzene rings is 2. The van der Waals surface area contributed by atoms with E-state index in [9.17, 15) is 9.90 Å². The van der Waals surface area contributed by atoms with Crippen molar-refractivity contribution in [1.29, 1.82) is 5.26 Å². The van der Waals surface area contributed by atoms with E-state index < -0.39 is 12.1 Å². The first-order valence-corrected chi connectivity index (χ1v) is 10.1. The molecule has 7 heteroatoms. The summed E-state index contributed by atoms with van der Waals surface area (Å²) in [6.45, 7) is 0.613. The molecule has 148 valence electrons. The van der Waals surface area contributed by atoms with Crippen LogP contribution in [0.5, 0.6) is 0 Å². The van der Waals surface area contributed by atoms with Gasteiger partial charge in [-0.2, -0.15) is 10.4 Å². The second-order valence-electron chi connectivity index (χ2n) is 7.27. The zero-order valence-corrected chi connectivity index (χ0v) is 16.6.